The van der Waals surface area contributed by atoms with E-state index in [-0.39, 0.29) is 11.8 Å². The SMILES string of the molecule is NC(=O)c1ccccc1CCCCCCCCCCc1ccccc1C(N)=O. The lowest BCUT2D eigenvalue weighted by molar-refractivity contribution is 0.0991. The number of carbonyl (C=O) groups is 2. The van der Waals surface area contributed by atoms with E-state index in [0.717, 1.165) is 36.8 Å². The molecule has 4 N–H and O–H groups in total. The number of hydrogen-bond donors (Lipinski definition) is 2. The smallest absolute Gasteiger partial charge is 0.248 e. The summed E-state index contributed by atoms with van der Waals surface area (Å²) < 4.78 is 0. The van der Waals surface area contributed by atoms with Crippen LogP contribution in [0.15, 0.2) is 48.5 Å². The molecule has 150 valence electrons. The molecular formula is C24H32N2O2. The van der Waals surface area contributed by atoms with Crippen molar-refractivity contribution in [1.29, 1.82) is 0 Å². The molecule has 2 rings (SSSR count). The van der Waals surface area contributed by atoms with E-state index in [0.29, 0.717) is 11.1 Å². The van der Waals surface area contributed by atoms with Gasteiger partial charge in [-0.2, -0.15) is 0 Å². The first kappa shape index (κ1) is 21.7. The maximum atomic E-state index is 11.4. The predicted octanol–water partition coefficient (Wildman–Crippen LogP) is 4.79. The van der Waals surface area contributed by atoms with Gasteiger partial charge < -0.3 is 11.5 Å². The van der Waals surface area contributed by atoms with Crippen LogP contribution in [0.25, 0.3) is 0 Å². The zero-order valence-electron chi connectivity index (χ0n) is 16.7. The number of primary amides is 2. The van der Waals surface area contributed by atoms with Crippen molar-refractivity contribution in [3.05, 3.63) is 70.8 Å². The molecule has 4 heteroatoms. The zero-order chi connectivity index (χ0) is 20.2. The van der Waals surface area contributed by atoms with Crippen LogP contribution in [0, 0.1) is 0 Å². The third-order valence-corrected chi connectivity index (χ3v) is 5.21. The van der Waals surface area contributed by atoms with Gasteiger partial charge in [0.25, 0.3) is 0 Å². The first-order valence-electron chi connectivity index (χ1n) is 10.3. The molecule has 0 aliphatic carbocycles. The van der Waals surface area contributed by atoms with Crippen molar-refractivity contribution in [3.63, 3.8) is 0 Å². The van der Waals surface area contributed by atoms with E-state index in [2.05, 4.69) is 0 Å². The number of rotatable bonds is 13. The van der Waals surface area contributed by atoms with Crippen LogP contribution in [0.1, 0.15) is 83.2 Å². The Balaban J connectivity index is 1.53. The molecule has 0 unspecified atom stereocenters. The highest BCUT2D eigenvalue weighted by molar-refractivity contribution is 5.94. The Bertz CT molecular complexity index is 705. The van der Waals surface area contributed by atoms with Gasteiger partial charge in [0, 0.05) is 11.1 Å². The van der Waals surface area contributed by atoms with Crippen LogP contribution >= 0.6 is 0 Å². The average Bonchev–Trinajstić information content (AvgIpc) is 2.69. The van der Waals surface area contributed by atoms with Gasteiger partial charge in [-0.25, -0.2) is 0 Å². The first-order valence-corrected chi connectivity index (χ1v) is 10.3. The highest BCUT2D eigenvalue weighted by Gasteiger charge is 2.07. The normalized spacial score (nSPS) is 10.7. The second-order valence-electron chi connectivity index (χ2n) is 7.37. The summed E-state index contributed by atoms with van der Waals surface area (Å²) in [5, 5.41) is 0. The number of benzene rings is 2. The Kier molecular flexibility index (Phi) is 9.26. The molecule has 2 amide bonds. The maximum absolute atomic E-state index is 11.4. The van der Waals surface area contributed by atoms with Gasteiger partial charge in [0.05, 0.1) is 0 Å². The number of aryl methyl sites for hydroxylation is 2. The van der Waals surface area contributed by atoms with Crippen LogP contribution in [-0.4, -0.2) is 11.8 Å². The molecule has 0 radical (unpaired) electrons. The van der Waals surface area contributed by atoms with E-state index in [1.807, 2.05) is 36.4 Å². The van der Waals surface area contributed by atoms with Crippen LogP contribution in [-0.2, 0) is 12.8 Å². The van der Waals surface area contributed by atoms with Gasteiger partial charge in [-0.3, -0.25) is 9.59 Å². The van der Waals surface area contributed by atoms with Crippen LogP contribution in [0.2, 0.25) is 0 Å². The lowest BCUT2D eigenvalue weighted by Gasteiger charge is -2.07. The predicted molar refractivity (Wildman–Crippen MR) is 114 cm³/mol. The van der Waals surface area contributed by atoms with Crippen LogP contribution < -0.4 is 11.5 Å². The summed E-state index contributed by atoms with van der Waals surface area (Å²) in [6, 6.07) is 15.2. The Labute approximate surface area is 168 Å². The highest BCUT2D eigenvalue weighted by Crippen LogP contribution is 2.16. The van der Waals surface area contributed by atoms with E-state index in [4.69, 9.17) is 11.5 Å². The van der Waals surface area contributed by atoms with E-state index in [1.165, 1.54) is 38.5 Å². The average molecular weight is 381 g/mol. The fraction of sp³-hybridized carbons (Fsp3) is 0.417. The van der Waals surface area contributed by atoms with Gasteiger partial charge >= 0.3 is 0 Å². The molecule has 2 aromatic rings. The minimum Gasteiger partial charge on any atom is -0.366 e. The quantitative estimate of drug-likeness (QED) is 0.489. The van der Waals surface area contributed by atoms with Crippen LogP contribution in [0.3, 0.4) is 0 Å². The van der Waals surface area contributed by atoms with Crippen LogP contribution in [0.4, 0.5) is 0 Å². The third kappa shape index (κ3) is 7.18. The standard InChI is InChI=1S/C24H32N2O2/c25-23(27)21-17-11-9-15-19(21)13-7-5-3-1-2-4-6-8-14-20-16-10-12-18-22(20)24(26)28/h9-12,15-18H,1-8,13-14H2,(H2,25,27)(H2,26,28). The van der Waals surface area contributed by atoms with Crippen molar-refractivity contribution in [2.75, 3.05) is 0 Å². The number of carbonyl (C=O) groups excluding carboxylic acids is 2. The highest BCUT2D eigenvalue weighted by atomic mass is 16.1. The van der Waals surface area contributed by atoms with Crippen molar-refractivity contribution in [1.82, 2.24) is 0 Å². The number of hydrogen-bond acceptors (Lipinski definition) is 2. The van der Waals surface area contributed by atoms with Gasteiger partial charge in [-0.05, 0) is 48.9 Å². The van der Waals surface area contributed by atoms with Crippen molar-refractivity contribution in [2.24, 2.45) is 11.5 Å². The van der Waals surface area contributed by atoms with Gasteiger partial charge in [-0.1, -0.05) is 74.9 Å². The molecule has 0 atom stereocenters. The van der Waals surface area contributed by atoms with E-state index >= 15 is 0 Å². The largest absolute Gasteiger partial charge is 0.366 e. The third-order valence-electron chi connectivity index (χ3n) is 5.21. The summed E-state index contributed by atoms with van der Waals surface area (Å²) in [5.74, 6) is -0.678. The molecule has 0 heterocycles. The molecule has 2 aromatic carbocycles. The molecule has 0 fully saturated rings. The summed E-state index contributed by atoms with van der Waals surface area (Å²) in [7, 11) is 0. The van der Waals surface area contributed by atoms with E-state index < -0.39 is 0 Å². The second kappa shape index (κ2) is 12.0. The molecule has 0 spiro atoms. The Morgan fingerprint density at radius 1 is 0.536 bits per heavy atom. The molecule has 0 aliphatic heterocycles. The van der Waals surface area contributed by atoms with E-state index in [9.17, 15) is 9.59 Å². The minimum atomic E-state index is -0.339. The first-order chi connectivity index (χ1) is 13.6. The summed E-state index contributed by atoms with van der Waals surface area (Å²) in [6.45, 7) is 0. The number of nitrogens with two attached hydrogens (primary N) is 2. The van der Waals surface area contributed by atoms with Crippen LogP contribution in [0.5, 0.6) is 0 Å². The van der Waals surface area contributed by atoms with Crippen molar-refractivity contribution in [2.45, 2.75) is 64.2 Å². The summed E-state index contributed by atoms with van der Waals surface area (Å²) in [5.41, 5.74) is 14.3. The summed E-state index contributed by atoms with van der Waals surface area (Å²) in [4.78, 5) is 22.8. The van der Waals surface area contributed by atoms with Gasteiger partial charge in [0.15, 0.2) is 0 Å². The van der Waals surface area contributed by atoms with Crippen molar-refractivity contribution < 1.29 is 9.59 Å². The second-order valence-corrected chi connectivity index (χ2v) is 7.37. The Hall–Kier alpha value is -2.62. The Morgan fingerprint density at radius 2 is 0.857 bits per heavy atom. The number of amides is 2. The molecule has 0 aliphatic rings. The molecule has 0 saturated heterocycles. The lowest BCUT2D eigenvalue weighted by atomic mass is 9.99. The van der Waals surface area contributed by atoms with E-state index in [1.54, 1.807) is 12.1 Å². The zero-order valence-corrected chi connectivity index (χ0v) is 16.7. The van der Waals surface area contributed by atoms with Gasteiger partial charge in [0.2, 0.25) is 11.8 Å². The topological polar surface area (TPSA) is 86.2 Å². The maximum Gasteiger partial charge on any atom is 0.248 e. The molecule has 0 saturated carbocycles. The van der Waals surface area contributed by atoms with Gasteiger partial charge in [-0.15, -0.1) is 0 Å². The fourth-order valence-corrected chi connectivity index (χ4v) is 3.65. The molecule has 0 aromatic heterocycles. The monoisotopic (exact) mass is 380 g/mol. The number of unbranched alkanes of at least 4 members (excludes halogenated alkanes) is 7. The molecular weight excluding hydrogens is 348 g/mol. The summed E-state index contributed by atoms with van der Waals surface area (Å²) >= 11 is 0. The van der Waals surface area contributed by atoms with Crippen molar-refractivity contribution in [3.8, 4) is 0 Å². The van der Waals surface area contributed by atoms with Gasteiger partial charge in [0.1, 0.15) is 0 Å². The molecule has 4 nitrogen and oxygen atoms in total. The lowest BCUT2D eigenvalue weighted by Crippen LogP contribution is -2.13. The molecule has 28 heavy (non-hydrogen) atoms. The fourth-order valence-electron chi connectivity index (χ4n) is 3.65. The molecule has 0 bridgehead atoms. The Morgan fingerprint density at radius 3 is 1.21 bits per heavy atom. The minimum absolute atomic E-state index is 0.339. The summed E-state index contributed by atoms with van der Waals surface area (Å²) in [6.07, 6.45) is 11.3. The van der Waals surface area contributed by atoms with Crippen molar-refractivity contribution >= 4 is 11.8 Å².